The number of nitrogens with one attached hydrogen (secondary N) is 2. The molecule has 0 fully saturated rings. The average molecular weight is 505 g/mol. The van der Waals surface area contributed by atoms with Crippen LogP contribution in [-0.2, 0) is 0 Å². The van der Waals surface area contributed by atoms with Crippen LogP contribution in [-0.4, -0.2) is 24.9 Å². The highest BCUT2D eigenvalue weighted by Gasteiger charge is 2.10. The number of nitrogens with two attached hydrogens (primary N) is 1. The minimum Gasteiger partial charge on any atom is -0.399 e. The molecule has 6 aromatic rings. The number of rotatable bonds is 3. The number of benzene rings is 4. The van der Waals surface area contributed by atoms with Crippen LogP contribution < -0.4 is 5.73 Å². The van der Waals surface area contributed by atoms with Gasteiger partial charge >= 0.3 is 0 Å². The number of nitrogen functional groups attached to an aromatic ring is 1. The zero-order valence-electron chi connectivity index (χ0n) is 21.7. The molecule has 8 heteroatoms. The number of nitro groups is 1. The van der Waals surface area contributed by atoms with E-state index in [1.807, 2.05) is 30.3 Å². The Balaban J connectivity index is 0.000000156. The Bertz CT molecular complexity index is 1700. The van der Waals surface area contributed by atoms with E-state index < -0.39 is 4.92 Å². The lowest BCUT2D eigenvalue weighted by molar-refractivity contribution is -0.384. The van der Waals surface area contributed by atoms with Gasteiger partial charge in [-0.05, 0) is 111 Å². The van der Waals surface area contributed by atoms with Crippen molar-refractivity contribution in [2.24, 2.45) is 0 Å². The van der Waals surface area contributed by atoms with Gasteiger partial charge in [-0.3, -0.25) is 10.1 Å². The van der Waals surface area contributed by atoms with Crippen LogP contribution in [0.5, 0.6) is 0 Å². The molecular formula is C30H28N6O2. The molecule has 0 radical (unpaired) electrons. The van der Waals surface area contributed by atoms with E-state index >= 15 is 0 Å². The van der Waals surface area contributed by atoms with Gasteiger partial charge in [0, 0.05) is 28.9 Å². The predicted octanol–water partition coefficient (Wildman–Crippen LogP) is 7.18. The zero-order valence-corrected chi connectivity index (χ0v) is 21.7. The molecule has 190 valence electrons. The van der Waals surface area contributed by atoms with Gasteiger partial charge in [-0.25, -0.2) is 9.97 Å². The van der Waals surface area contributed by atoms with Crippen LogP contribution in [0.3, 0.4) is 0 Å². The standard InChI is InChI=1S/C15H13N3O2.C15H15N3/c1-9-7-13-14(8-10(9)2)17-15(16-13)11-3-5-12(6-4-11)18(19)20;1-9-7-13-14(8-10(9)2)18-15(17-13)11-3-5-12(16)6-4-11/h3-8H,1-2H3,(H,16,17);3-8H,16H2,1-2H3,(H,17,18). The second kappa shape index (κ2) is 9.82. The van der Waals surface area contributed by atoms with Crippen LogP contribution in [0.25, 0.3) is 44.8 Å². The third-order valence-electron chi connectivity index (χ3n) is 6.73. The molecule has 0 bridgehead atoms. The second-order valence-corrected chi connectivity index (χ2v) is 9.50. The molecule has 0 aliphatic rings. The largest absolute Gasteiger partial charge is 0.399 e. The minimum atomic E-state index is -0.408. The number of fused-ring (bicyclic) bond motifs is 2. The van der Waals surface area contributed by atoms with Gasteiger partial charge in [0.05, 0.1) is 27.0 Å². The molecular weight excluding hydrogens is 476 g/mol. The van der Waals surface area contributed by atoms with E-state index in [9.17, 15) is 10.1 Å². The Morgan fingerprint density at radius 2 is 1.05 bits per heavy atom. The van der Waals surface area contributed by atoms with Gasteiger partial charge < -0.3 is 15.7 Å². The quantitative estimate of drug-likeness (QED) is 0.134. The van der Waals surface area contributed by atoms with Crippen molar-refractivity contribution in [1.82, 2.24) is 19.9 Å². The first-order valence-corrected chi connectivity index (χ1v) is 12.2. The Labute approximate surface area is 219 Å². The topological polar surface area (TPSA) is 127 Å². The highest BCUT2D eigenvalue weighted by molar-refractivity contribution is 5.82. The Morgan fingerprint density at radius 1 is 0.658 bits per heavy atom. The zero-order chi connectivity index (χ0) is 27.0. The minimum absolute atomic E-state index is 0.0801. The van der Waals surface area contributed by atoms with Crippen molar-refractivity contribution in [3.8, 4) is 22.8 Å². The maximum atomic E-state index is 10.6. The number of aromatic amines is 2. The highest BCUT2D eigenvalue weighted by Crippen LogP contribution is 2.25. The lowest BCUT2D eigenvalue weighted by Crippen LogP contribution is -1.87. The molecule has 0 saturated carbocycles. The summed E-state index contributed by atoms with van der Waals surface area (Å²) in [6, 6.07) is 22.5. The summed E-state index contributed by atoms with van der Waals surface area (Å²) >= 11 is 0. The number of nitrogens with zero attached hydrogens (tertiary/aromatic N) is 3. The summed E-state index contributed by atoms with van der Waals surface area (Å²) in [5, 5.41) is 10.6. The van der Waals surface area contributed by atoms with Gasteiger partial charge in [-0.1, -0.05) is 0 Å². The summed E-state index contributed by atoms with van der Waals surface area (Å²) in [6.45, 7) is 8.32. The number of hydrogen-bond donors (Lipinski definition) is 3. The molecule has 0 unspecified atom stereocenters. The summed E-state index contributed by atoms with van der Waals surface area (Å²) in [4.78, 5) is 26.0. The third kappa shape index (κ3) is 4.97. The fraction of sp³-hybridized carbons (Fsp3) is 0.133. The van der Waals surface area contributed by atoms with Crippen LogP contribution in [0.2, 0.25) is 0 Å². The SMILES string of the molecule is Cc1cc2nc(-c3ccc(N)cc3)[nH]c2cc1C.Cc1cc2nc(-c3ccc([N+](=O)[O-])cc3)[nH]c2cc1C. The van der Waals surface area contributed by atoms with Crippen LogP contribution in [0.1, 0.15) is 22.3 Å². The molecule has 8 nitrogen and oxygen atoms in total. The molecule has 0 spiro atoms. The number of hydrogen-bond acceptors (Lipinski definition) is 5. The molecule has 0 aliphatic heterocycles. The summed E-state index contributed by atoms with van der Waals surface area (Å²) in [7, 11) is 0. The number of nitro benzene ring substituents is 1. The van der Waals surface area contributed by atoms with Crippen molar-refractivity contribution in [2.75, 3.05) is 5.73 Å². The van der Waals surface area contributed by atoms with Crippen LogP contribution in [0, 0.1) is 37.8 Å². The first-order chi connectivity index (χ1) is 18.2. The van der Waals surface area contributed by atoms with E-state index in [1.54, 1.807) is 12.1 Å². The number of aryl methyl sites for hydroxylation is 4. The number of imidazole rings is 2. The fourth-order valence-corrected chi connectivity index (χ4v) is 4.19. The maximum absolute atomic E-state index is 10.6. The van der Waals surface area contributed by atoms with Crippen molar-refractivity contribution >= 4 is 33.4 Å². The first-order valence-electron chi connectivity index (χ1n) is 12.2. The number of non-ortho nitro benzene ring substituents is 1. The molecule has 6 rings (SSSR count). The lowest BCUT2D eigenvalue weighted by Gasteiger charge is -1.97. The number of aromatic nitrogens is 4. The van der Waals surface area contributed by atoms with E-state index in [0.29, 0.717) is 0 Å². The molecule has 0 atom stereocenters. The molecule has 2 aromatic heterocycles. The molecule has 0 amide bonds. The van der Waals surface area contributed by atoms with E-state index in [0.717, 1.165) is 50.5 Å². The molecule has 4 aromatic carbocycles. The van der Waals surface area contributed by atoms with Crippen LogP contribution >= 0.6 is 0 Å². The number of H-pyrrole nitrogens is 2. The normalized spacial score (nSPS) is 10.9. The van der Waals surface area contributed by atoms with E-state index in [4.69, 9.17) is 5.73 Å². The van der Waals surface area contributed by atoms with Crippen molar-refractivity contribution in [3.05, 3.63) is 105 Å². The van der Waals surface area contributed by atoms with Gasteiger partial charge in [0.2, 0.25) is 0 Å². The predicted molar refractivity (Wildman–Crippen MR) is 153 cm³/mol. The molecule has 0 saturated heterocycles. The van der Waals surface area contributed by atoms with Gasteiger partial charge in [0.15, 0.2) is 0 Å². The van der Waals surface area contributed by atoms with E-state index in [-0.39, 0.29) is 5.69 Å². The Hall–Kier alpha value is -4.98. The average Bonchev–Trinajstić information content (AvgIpc) is 3.49. The van der Waals surface area contributed by atoms with Crippen molar-refractivity contribution in [2.45, 2.75) is 27.7 Å². The Kier molecular flexibility index (Phi) is 6.38. The summed E-state index contributed by atoms with van der Waals surface area (Å²) in [5.41, 5.74) is 17.3. The van der Waals surface area contributed by atoms with Crippen molar-refractivity contribution in [3.63, 3.8) is 0 Å². The molecule has 2 heterocycles. The second-order valence-electron chi connectivity index (χ2n) is 9.50. The van der Waals surface area contributed by atoms with Gasteiger partial charge in [-0.2, -0.15) is 0 Å². The van der Waals surface area contributed by atoms with Gasteiger partial charge in [0.1, 0.15) is 11.6 Å². The van der Waals surface area contributed by atoms with Gasteiger partial charge in [-0.15, -0.1) is 0 Å². The highest BCUT2D eigenvalue weighted by atomic mass is 16.6. The molecule has 0 aliphatic carbocycles. The third-order valence-corrected chi connectivity index (χ3v) is 6.73. The summed E-state index contributed by atoms with van der Waals surface area (Å²) in [5.74, 6) is 1.61. The fourth-order valence-electron chi connectivity index (χ4n) is 4.19. The summed E-state index contributed by atoms with van der Waals surface area (Å²) in [6.07, 6.45) is 0. The van der Waals surface area contributed by atoms with E-state index in [1.165, 1.54) is 34.4 Å². The van der Waals surface area contributed by atoms with Crippen molar-refractivity contribution in [1.29, 1.82) is 0 Å². The maximum Gasteiger partial charge on any atom is 0.269 e. The number of anilines is 1. The Morgan fingerprint density at radius 3 is 1.47 bits per heavy atom. The van der Waals surface area contributed by atoms with Crippen LogP contribution in [0.15, 0.2) is 72.8 Å². The van der Waals surface area contributed by atoms with Gasteiger partial charge in [0.25, 0.3) is 5.69 Å². The molecule has 4 N–H and O–H groups in total. The summed E-state index contributed by atoms with van der Waals surface area (Å²) < 4.78 is 0. The lowest BCUT2D eigenvalue weighted by atomic mass is 10.1. The van der Waals surface area contributed by atoms with E-state index in [2.05, 4.69) is 65.8 Å². The monoisotopic (exact) mass is 504 g/mol. The van der Waals surface area contributed by atoms with Crippen LogP contribution in [0.4, 0.5) is 11.4 Å². The molecule has 38 heavy (non-hydrogen) atoms. The smallest absolute Gasteiger partial charge is 0.269 e. The van der Waals surface area contributed by atoms with Crippen molar-refractivity contribution < 1.29 is 4.92 Å². The first kappa shape index (κ1) is 24.7.